The van der Waals surface area contributed by atoms with Gasteiger partial charge in [-0.3, -0.25) is 0 Å². The molecule has 0 aromatic carbocycles. The molecular formula is C14H19F3N2O2S. The summed E-state index contributed by atoms with van der Waals surface area (Å²) in [4.78, 5) is 3.70. The summed E-state index contributed by atoms with van der Waals surface area (Å²) in [5.74, 6) is -0.594. The van der Waals surface area contributed by atoms with Crippen LogP contribution in [0.4, 0.5) is 13.2 Å². The number of halogens is 3. The first kappa shape index (κ1) is 16.2. The minimum Gasteiger partial charge on any atom is -0.345 e. The van der Waals surface area contributed by atoms with Crippen molar-refractivity contribution >= 4 is 11.3 Å². The normalized spacial score (nSPS) is 32.2. The Bertz CT molecular complexity index is 546. The van der Waals surface area contributed by atoms with Crippen LogP contribution in [0.5, 0.6) is 0 Å². The number of nitrogens with zero attached hydrogens (tertiary/aromatic N) is 1. The molecule has 4 atom stereocenters. The molecule has 2 unspecified atom stereocenters. The van der Waals surface area contributed by atoms with E-state index in [9.17, 15) is 13.2 Å². The van der Waals surface area contributed by atoms with Gasteiger partial charge in [0.2, 0.25) is 0 Å². The summed E-state index contributed by atoms with van der Waals surface area (Å²) in [5, 5.41) is 4.84. The molecule has 2 fully saturated rings. The molecule has 2 aliphatic rings. The Morgan fingerprint density at radius 1 is 1.36 bits per heavy atom. The maximum Gasteiger partial charge on any atom is 0.434 e. The van der Waals surface area contributed by atoms with E-state index in [4.69, 9.17) is 9.47 Å². The Labute approximate surface area is 131 Å². The van der Waals surface area contributed by atoms with Crippen molar-refractivity contribution in [2.75, 3.05) is 0 Å². The molecule has 1 saturated heterocycles. The Hall–Kier alpha value is -0.700. The van der Waals surface area contributed by atoms with Gasteiger partial charge in [0.15, 0.2) is 11.5 Å². The Balaban J connectivity index is 1.65. The summed E-state index contributed by atoms with van der Waals surface area (Å²) >= 11 is 1.03. The summed E-state index contributed by atoms with van der Waals surface area (Å²) in [6.07, 6.45) is -2.61. The Morgan fingerprint density at radius 2 is 2.09 bits per heavy atom. The van der Waals surface area contributed by atoms with Crippen molar-refractivity contribution in [1.82, 2.24) is 10.3 Å². The van der Waals surface area contributed by atoms with Gasteiger partial charge in [-0.15, -0.1) is 11.3 Å². The molecule has 0 radical (unpaired) electrons. The second kappa shape index (κ2) is 5.43. The Kier molecular flexibility index (Phi) is 3.99. The number of nitrogens with one attached hydrogen (secondary N) is 1. The van der Waals surface area contributed by atoms with Gasteiger partial charge in [-0.05, 0) is 33.6 Å². The minimum absolute atomic E-state index is 0.0560. The predicted molar refractivity (Wildman–Crippen MR) is 75.5 cm³/mol. The van der Waals surface area contributed by atoms with Crippen LogP contribution in [0.2, 0.25) is 0 Å². The zero-order valence-corrected chi connectivity index (χ0v) is 13.4. The van der Waals surface area contributed by atoms with Gasteiger partial charge in [-0.2, -0.15) is 13.2 Å². The first-order valence-corrected chi connectivity index (χ1v) is 8.18. The van der Waals surface area contributed by atoms with Gasteiger partial charge in [-0.1, -0.05) is 0 Å². The summed E-state index contributed by atoms with van der Waals surface area (Å²) in [6, 6.07) is -0.183. The van der Waals surface area contributed by atoms with Crippen LogP contribution in [0, 0.1) is 0 Å². The van der Waals surface area contributed by atoms with E-state index < -0.39 is 17.7 Å². The van der Waals surface area contributed by atoms with Gasteiger partial charge < -0.3 is 14.8 Å². The van der Waals surface area contributed by atoms with Crippen molar-refractivity contribution in [2.45, 2.75) is 69.9 Å². The maximum absolute atomic E-state index is 12.6. The van der Waals surface area contributed by atoms with Crippen LogP contribution >= 0.6 is 11.3 Å². The third-order valence-corrected chi connectivity index (χ3v) is 5.05. The molecule has 22 heavy (non-hydrogen) atoms. The summed E-state index contributed by atoms with van der Waals surface area (Å²) in [5.41, 5.74) is -0.827. The Morgan fingerprint density at radius 3 is 2.73 bits per heavy atom. The van der Waals surface area contributed by atoms with Crippen LogP contribution in [-0.2, 0) is 15.7 Å². The first-order chi connectivity index (χ1) is 10.2. The van der Waals surface area contributed by atoms with E-state index in [0.717, 1.165) is 29.6 Å². The third kappa shape index (κ3) is 3.15. The highest BCUT2D eigenvalue weighted by Crippen LogP contribution is 2.39. The molecule has 4 nitrogen and oxygen atoms in total. The smallest absolute Gasteiger partial charge is 0.345 e. The van der Waals surface area contributed by atoms with E-state index in [1.807, 2.05) is 20.8 Å². The molecule has 0 amide bonds. The van der Waals surface area contributed by atoms with E-state index in [2.05, 4.69) is 10.3 Å². The number of fused-ring (bicyclic) bond motifs is 1. The van der Waals surface area contributed by atoms with Crippen LogP contribution in [0.15, 0.2) is 5.38 Å². The fourth-order valence-corrected chi connectivity index (χ4v) is 3.96. The molecule has 2 heterocycles. The fourth-order valence-electron chi connectivity index (χ4n) is 3.12. The van der Waals surface area contributed by atoms with Crippen molar-refractivity contribution in [2.24, 2.45) is 0 Å². The average molecular weight is 336 g/mol. The number of hydrogen-bond acceptors (Lipinski definition) is 5. The molecule has 1 aliphatic heterocycles. The van der Waals surface area contributed by atoms with E-state index in [1.165, 1.54) is 0 Å². The van der Waals surface area contributed by atoms with Crippen LogP contribution in [0.25, 0.3) is 0 Å². The molecule has 1 N–H and O–H groups in total. The van der Waals surface area contributed by atoms with Gasteiger partial charge >= 0.3 is 6.18 Å². The second-order valence-corrected chi connectivity index (χ2v) is 7.17. The lowest BCUT2D eigenvalue weighted by Gasteiger charge is -2.24. The minimum atomic E-state index is -4.39. The quantitative estimate of drug-likeness (QED) is 0.917. The van der Waals surface area contributed by atoms with E-state index >= 15 is 0 Å². The van der Waals surface area contributed by atoms with Gasteiger partial charge in [0, 0.05) is 11.4 Å². The summed E-state index contributed by atoms with van der Waals surface area (Å²) < 4.78 is 49.6. The molecule has 124 valence electrons. The molecule has 3 rings (SSSR count). The molecule has 1 saturated carbocycles. The lowest BCUT2D eigenvalue weighted by atomic mass is 10.1. The summed E-state index contributed by atoms with van der Waals surface area (Å²) in [6.45, 7) is 5.58. The van der Waals surface area contributed by atoms with Crippen LogP contribution in [0.1, 0.15) is 50.4 Å². The summed E-state index contributed by atoms with van der Waals surface area (Å²) in [7, 11) is 0. The first-order valence-electron chi connectivity index (χ1n) is 7.30. The van der Waals surface area contributed by atoms with Gasteiger partial charge in [0.05, 0.1) is 12.1 Å². The lowest BCUT2D eigenvalue weighted by Crippen LogP contribution is -2.41. The number of alkyl halides is 3. The highest BCUT2D eigenvalue weighted by Gasteiger charge is 2.49. The average Bonchev–Trinajstić information content (AvgIpc) is 3.04. The molecule has 1 aromatic rings. The highest BCUT2D eigenvalue weighted by atomic mass is 32.1. The number of thiazole rings is 1. The van der Waals surface area contributed by atoms with Crippen LogP contribution < -0.4 is 5.32 Å². The van der Waals surface area contributed by atoms with Crippen LogP contribution in [0.3, 0.4) is 0 Å². The largest absolute Gasteiger partial charge is 0.434 e. The fraction of sp³-hybridized carbons (Fsp3) is 0.786. The number of ether oxygens (including phenoxy) is 2. The molecule has 1 aromatic heterocycles. The van der Waals surface area contributed by atoms with E-state index in [1.54, 1.807) is 0 Å². The molecule has 8 heteroatoms. The van der Waals surface area contributed by atoms with Crippen LogP contribution in [-0.4, -0.2) is 29.0 Å². The van der Waals surface area contributed by atoms with Crippen molar-refractivity contribution < 1.29 is 22.6 Å². The molecule has 0 bridgehead atoms. The second-order valence-electron chi connectivity index (χ2n) is 6.28. The van der Waals surface area contributed by atoms with Crippen molar-refractivity contribution in [3.05, 3.63) is 16.1 Å². The van der Waals surface area contributed by atoms with E-state index in [0.29, 0.717) is 5.01 Å². The number of hydrogen-bond donors (Lipinski definition) is 1. The molecule has 1 aliphatic carbocycles. The number of rotatable bonds is 3. The zero-order chi connectivity index (χ0) is 16.1. The van der Waals surface area contributed by atoms with Crippen molar-refractivity contribution in [1.29, 1.82) is 0 Å². The van der Waals surface area contributed by atoms with Crippen molar-refractivity contribution in [3.8, 4) is 0 Å². The SMILES string of the molecule is CC(NC1CC[C@H]2OC(C)(C)O[C@@H]12)c1nc(C(F)(F)F)cs1. The predicted octanol–water partition coefficient (Wildman–Crippen LogP) is 3.50. The van der Waals surface area contributed by atoms with Gasteiger partial charge in [-0.25, -0.2) is 4.98 Å². The number of aromatic nitrogens is 1. The van der Waals surface area contributed by atoms with Crippen molar-refractivity contribution in [3.63, 3.8) is 0 Å². The zero-order valence-electron chi connectivity index (χ0n) is 12.6. The third-order valence-electron chi connectivity index (χ3n) is 4.03. The van der Waals surface area contributed by atoms with Gasteiger partial charge in [0.1, 0.15) is 11.1 Å². The standard InChI is InChI=1S/C14H19F3N2O2S/c1-7(12-19-10(6-22-12)14(15,16)17)18-8-4-5-9-11(8)21-13(2,3)20-9/h6-9,11,18H,4-5H2,1-3H3/t7?,8?,9-,11+/m1/s1. The monoisotopic (exact) mass is 336 g/mol. The van der Waals surface area contributed by atoms with E-state index in [-0.39, 0.29) is 24.3 Å². The molecule has 0 spiro atoms. The topological polar surface area (TPSA) is 43.4 Å². The molecular weight excluding hydrogens is 317 g/mol. The maximum atomic E-state index is 12.6. The lowest BCUT2D eigenvalue weighted by molar-refractivity contribution is -0.153. The highest BCUT2D eigenvalue weighted by molar-refractivity contribution is 7.09. The van der Waals surface area contributed by atoms with Gasteiger partial charge in [0.25, 0.3) is 0 Å².